The van der Waals surface area contributed by atoms with E-state index in [1.807, 2.05) is 0 Å². The van der Waals surface area contributed by atoms with E-state index in [0.29, 0.717) is 0 Å². The highest BCUT2D eigenvalue weighted by Gasteiger charge is 2.79. The number of rotatable bonds is 5. The Morgan fingerprint density at radius 2 is 1.58 bits per heavy atom. The average molecular weight is 382 g/mol. The van der Waals surface area contributed by atoms with E-state index in [0.717, 1.165) is 6.08 Å². The number of carboxylic acid groups (broad SMARTS) is 2. The minimum atomic E-state index is -6.54. The molecule has 0 radical (unpaired) electrons. The van der Waals surface area contributed by atoms with Crippen molar-refractivity contribution in [2.75, 3.05) is 0 Å². The minimum absolute atomic E-state index is 0.0968. The summed E-state index contributed by atoms with van der Waals surface area (Å²) in [4.78, 5) is 22.9. The molecule has 3 N–H and O–H groups in total. The first kappa shape index (κ1) is 20.3. The van der Waals surface area contributed by atoms with Gasteiger partial charge in [0.15, 0.2) is 5.41 Å². The average Bonchev–Trinajstić information content (AvgIpc) is 2.34. The highest BCUT2D eigenvalue weighted by atomic mass is 32.2. The zero-order valence-corrected chi connectivity index (χ0v) is 12.4. The molecule has 0 aromatic rings. The van der Waals surface area contributed by atoms with Gasteiger partial charge in [0, 0.05) is 0 Å². The van der Waals surface area contributed by atoms with E-state index in [2.05, 4.69) is 0 Å². The Kier molecular flexibility index (Phi) is 4.78. The molecule has 0 bridgehead atoms. The Balaban J connectivity index is 3.94. The van der Waals surface area contributed by atoms with E-state index in [1.54, 1.807) is 0 Å². The molecule has 0 fully saturated rings. The van der Waals surface area contributed by atoms with Crippen molar-refractivity contribution in [1.82, 2.24) is 0 Å². The van der Waals surface area contributed by atoms with Gasteiger partial charge < -0.3 is 10.2 Å². The molecule has 0 heterocycles. The summed E-state index contributed by atoms with van der Waals surface area (Å²) in [6.45, 7) is 0. The van der Waals surface area contributed by atoms with Crippen molar-refractivity contribution in [2.45, 2.75) is 30.7 Å². The Morgan fingerprint density at radius 3 is 1.92 bits per heavy atom. The molecule has 0 amide bonds. The van der Waals surface area contributed by atoms with Gasteiger partial charge in [-0.1, -0.05) is 12.2 Å². The van der Waals surface area contributed by atoms with Gasteiger partial charge in [0.05, 0.1) is 6.42 Å². The highest BCUT2D eigenvalue weighted by Crippen LogP contribution is 2.61. The molecule has 2 unspecified atom stereocenters. The first-order valence-electron chi connectivity index (χ1n) is 6.11. The van der Waals surface area contributed by atoms with E-state index in [4.69, 9.17) is 14.8 Å². The molecule has 138 valence electrons. The molecule has 1 rings (SSSR count). The van der Waals surface area contributed by atoms with E-state index >= 15 is 0 Å². The quantitative estimate of drug-likeness (QED) is 0.376. The minimum Gasteiger partial charge on any atom is -0.481 e. The maximum Gasteiger partial charge on any atom is 0.390 e. The zero-order chi connectivity index (χ0) is 19.2. The van der Waals surface area contributed by atoms with Crippen molar-refractivity contribution in [3.05, 3.63) is 12.2 Å². The molecular weight excluding hydrogens is 371 g/mol. The fourth-order valence-corrected chi connectivity index (χ4v) is 3.66. The molecule has 13 heteroatoms. The second kappa shape index (κ2) is 5.65. The van der Waals surface area contributed by atoms with E-state index in [-0.39, 0.29) is 6.08 Å². The van der Waals surface area contributed by atoms with Gasteiger partial charge in [-0.3, -0.25) is 14.1 Å². The van der Waals surface area contributed by atoms with Crippen LogP contribution in [0.5, 0.6) is 0 Å². The maximum atomic E-state index is 14.3. The predicted octanol–water partition coefficient (Wildman–Crippen LogP) is 1.91. The highest BCUT2D eigenvalue weighted by molar-refractivity contribution is 7.87. The molecule has 2 atom stereocenters. The van der Waals surface area contributed by atoms with Gasteiger partial charge in [0.25, 0.3) is 0 Å². The van der Waals surface area contributed by atoms with Crippen LogP contribution >= 0.6 is 0 Å². The first-order valence-corrected chi connectivity index (χ1v) is 7.55. The fourth-order valence-electron chi connectivity index (χ4n) is 2.85. The molecular formula is C11H11F5O7S. The van der Waals surface area contributed by atoms with Gasteiger partial charge in [0.2, 0.25) is 0 Å². The van der Waals surface area contributed by atoms with Crippen LogP contribution in [0.15, 0.2) is 12.2 Å². The molecule has 1 aliphatic rings. The van der Waals surface area contributed by atoms with E-state index < -0.39 is 63.6 Å². The SMILES string of the molecule is O=C(O)C1(CC(F)(F)F)C=CCCC1(C(=O)O)C(F)(F)S(=O)(=O)O. The molecule has 0 aromatic carbocycles. The lowest BCUT2D eigenvalue weighted by molar-refractivity contribution is -0.219. The molecule has 7 nitrogen and oxygen atoms in total. The molecule has 0 aromatic heterocycles. The van der Waals surface area contributed by atoms with Gasteiger partial charge in [-0.25, -0.2) is 0 Å². The van der Waals surface area contributed by atoms with Gasteiger partial charge in [-0.15, -0.1) is 0 Å². The van der Waals surface area contributed by atoms with Gasteiger partial charge in [-0.2, -0.15) is 30.4 Å². The third-order valence-electron chi connectivity index (χ3n) is 3.90. The number of allylic oxidation sites excluding steroid dienone is 1. The number of halogens is 5. The number of alkyl halides is 5. The summed E-state index contributed by atoms with van der Waals surface area (Å²) >= 11 is 0. The normalized spacial score (nSPS) is 28.6. The molecule has 0 saturated heterocycles. The van der Waals surface area contributed by atoms with Crippen molar-refractivity contribution in [3.8, 4) is 0 Å². The summed E-state index contributed by atoms with van der Waals surface area (Å²) in [5.74, 6) is -5.40. The summed E-state index contributed by atoms with van der Waals surface area (Å²) in [5, 5.41) is 12.6. The third-order valence-corrected chi connectivity index (χ3v) is 4.89. The smallest absolute Gasteiger partial charge is 0.390 e. The summed E-state index contributed by atoms with van der Waals surface area (Å²) in [5.41, 5.74) is -8.10. The van der Waals surface area contributed by atoms with Crippen molar-refractivity contribution in [1.29, 1.82) is 0 Å². The lowest BCUT2D eigenvalue weighted by Gasteiger charge is -2.47. The van der Waals surface area contributed by atoms with Crippen LogP contribution in [-0.2, 0) is 19.7 Å². The Labute approximate surface area is 131 Å². The van der Waals surface area contributed by atoms with Gasteiger partial charge in [-0.05, 0) is 12.8 Å². The number of aliphatic carboxylic acids is 2. The Hall–Kier alpha value is -1.76. The predicted molar refractivity (Wildman–Crippen MR) is 65.7 cm³/mol. The van der Waals surface area contributed by atoms with Crippen LogP contribution in [0.4, 0.5) is 22.0 Å². The van der Waals surface area contributed by atoms with Crippen LogP contribution in [0, 0.1) is 10.8 Å². The van der Waals surface area contributed by atoms with Crippen LogP contribution in [0.1, 0.15) is 19.3 Å². The Morgan fingerprint density at radius 1 is 1.08 bits per heavy atom. The van der Waals surface area contributed by atoms with Crippen molar-refractivity contribution >= 4 is 22.1 Å². The van der Waals surface area contributed by atoms with Gasteiger partial charge >= 0.3 is 33.5 Å². The van der Waals surface area contributed by atoms with Crippen LogP contribution in [0.25, 0.3) is 0 Å². The second-order valence-corrected chi connectivity index (χ2v) is 6.67. The molecule has 24 heavy (non-hydrogen) atoms. The maximum absolute atomic E-state index is 14.3. The summed E-state index contributed by atoms with van der Waals surface area (Å²) in [6, 6.07) is 0. The van der Waals surface area contributed by atoms with Crippen molar-refractivity contribution < 1.29 is 54.7 Å². The first-order chi connectivity index (χ1) is 10.6. The molecule has 0 spiro atoms. The number of hydrogen-bond donors (Lipinski definition) is 3. The lowest BCUT2D eigenvalue weighted by atomic mass is 9.56. The lowest BCUT2D eigenvalue weighted by Crippen LogP contribution is -2.65. The topological polar surface area (TPSA) is 129 Å². The number of carbonyl (C=O) groups is 2. The van der Waals surface area contributed by atoms with Crippen molar-refractivity contribution in [3.63, 3.8) is 0 Å². The summed E-state index contributed by atoms with van der Waals surface area (Å²) in [6.07, 6.45) is -9.24. The van der Waals surface area contributed by atoms with Gasteiger partial charge in [0.1, 0.15) is 5.41 Å². The molecule has 0 aliphatic heterocycles. The van der Waals surface area contributed by atoms with Crippen LogP contribution in [-0.4, -0.2) is 46.6 Å². The standard InChI is InChI=1S/C11H11F5O7S/c12-10(13,14)5-8(6(17)18)3-1-2-4-9(8,7(19)20)11(15,16)24(21,22)23/h1,3H,2,4-5H2,(H,17,18)(H,19,20)(H,21,22,23). The monoisotopic (exact) mass is 382 g/mol. The van der Waals surface area contributed by atoms with Crippen molar-refractivity contribution in [2.24, 2.45) is 10.8 Å². The Bertz CT molecular complexity index is 683. The number of hydrogen-bond acceptors (Lipinski definition) is 4. The van der Waals surface area contributed by atoms with Crippen LogP contribution in [0.3, 0.4) is 0 Å². The fraction of sp³-hybridized carbons (Fsp3) is 0.636. The summed E-state index contributed by atoms with van der Waals surface area (Å²) in [7, 11) is -6.54. The van der Waals surface area contributed by atoms with E-state index in [1.165, 1.54) is 0 Å². The van der Waals surface area contributed by atoms with Crippen LogP contribution < -0.4 is 0 Å². The van der Waals surface area contributed by atoms with E-state index in [9.17, 15) is 40.0 Å². The third kappa shape index (κ3) is 2.75. The molecule has 0 saturated carbocycles. The second-order valence-electron chi connectivity index (χ2n) is 5.21. The summed E-state index contributed by atoms with van der Waals surface area (Å²) < 4.78 is 97.6. The van der Waals surface area contributed by atoms with Crippen LogP contribution in [0.2, 0.25) is 0 Å². The number of carboxylic acids is 2. The zero-order valence-electron chi connectivity index (χ0n) is 11.5. The largest absolute Gasteiger partial charge is 0.481 e. The molecule has 1 aliphatic carbocycles.